The van der Waals surface area contributed by atoms with Gasteiger partial charge in [0.05, 0.1) is 33.8 Å². The van der Waals surface area contributed by atoms with Crippen molar-refractivity contribution in [3.8, 4) is 0 Å². The van der Waals surface area contributed by atoms with Crippen molar-refractivity contribution >= 4 is 19.7 Å². The molecule has 510 valence electrons. The van der Waals surface area contributed by atoms with E-state index in [1.54, 1.807) is 0 Å². The molecular weight excluding hydrogens is 1100 g/mol. The maximum atomic E-state index is 13.6. The largest absolute Gasteiger partial charge is 0.756 e. The Bertz CT molecular complexity index is 1670. The lowest BCUT2D eigenvalue weighted by molar-refractivity contribution is -0.870. The van der Waals surface area contributed by atoms with Gasteiger partial charge in [-0.15, -0.1) is 0 Å². The van der Waals surface area contributed by atoms with Crippen molar-refractivity contribution < 1.29 is 37.3 Å². The molecular formula is C77H145N2O7P. The average molecular weight is 1240 g/mol. The zero-order valence-corrected chi connectivity index (χ0v) is 59.4. The minimum Gasteiger partial charge on any atom is -0.756 e. The summed E-state index contributed by atoms with van der Waals surface area (Å²) in [6.45, 7) is 6.85. The molecule has 87 heavy (non-hydrogen) atoms. The molecule has 9 nitrogen and oxygen atoms in total. The Morgan fingerprint density at radius 2 is 0.701 bits per heavy atom. The molecule has 3 unspecified atom stereocenters. The van der Waals surface area contributed by atoms with E-state index in [9.17, 15) is 19.0 Å². The fourth-order valence-electron chi connectivity index (χ4n) is 11.2. The number of esters is 1. The summed E-state index contributed by atoms with van der Waals surface area (Å²) in [7, 11) is 1.19. The average Bonchev–Trinajstić information content (AvgIpc) is 3.70. The zero-order valence-electron chi connectivity index (χ0n) is 58.5. The predicted molar refractivity (Wildman–Crippen MR) is 376 cm³/mol. The lowest BCUT2D eigenvalue weighted by atomic mass is 10.0. The highest BCUT2D eigenvalue weighted by atomic mass is 31.2. The number of carbonyl (C=O) groups excluding carboxylic acids is 2. The van der Waals surface area contributed by atoms with Crippen LogP contribution in [0, 0.1) is 0 Å². The standard InChI is InChI=1S/C77H145N2O7P/c1-7-10-13-16-19-22-25-27-29-31-33-35-37-38-39-40-42-44-46-48-50-52-55-58-61-64-67-70-77(81)86-75(68-65-62-59-56-53-24-21-18-15-12-9-3)74(73-85-87(82,83)84-72-71-79(4,5)6)78-76(80)69-66-63-60-57-54-51-49-47-45-43-41-36-34-32-30-28-26-23-20-17-14-11-8-2/h20,23,28,30,34,36,43,45,65,68,74-75H,7-19,21-22,24-27,29,31-33,35,37-42,44,46-64,66-67,69-73H2,1-6H3,(H-,78,80,82,83)/b23-20-,30-28-,36-34-,45-43-,68-65+. The van der Waals surface area contributed by atoms with Crippen molar-refractivity contribution in [3.63, 3.8) is 0 Å². The molecule has 0 saturated heterocycles. The summed E-state index contributed by atoms with van der Waals surface area (Å²) in [5.74, 6) is -0.538. The molecule has 0 heterocycles. The maximum Gasteiger partial charge on any atom is 0.306 e. The minimum atomic E-state index is -4.71. The van der Waals surface area contributed by atoms with E-state index in [0.29, 0.717) is 17.4 Å². The molecule has 0 spiro atoms. The Morgan fingerprint density at radius 3 is 1.07 bits per heavy atom. The smallest absolute Gasteiger partial charge is 0.306 e. The van der Waals surface area contributed by atoms with Gasteiger partial charge in [-0.2, -0.15) is 0 Å². The predicted octanol–water partition coefficient (Wildman–Crippen LogP) is 23.5. The molecule has 0 aromatic rings. The van der Waals surface area contributed by atoms with Crippen molar-refractivity contribution in [1.82, 2.24) is 5.32 Å². The number of phosphoric acid groups is 1. The van der Waals surface area contributed by atoms with Crippen LogP contribution < -0.4 is 10.2 Å². The van der Waals surface area contributed by atoms with Crippen LogP contribution in [0.1, 0.15) is 367 Å². The number of rotatable bonds is 69. The zero-order chi connectivity index (χ0) is 63.5. The van der Waals surface area contributed by atoms with Crippen molar-refractivity contribution in [2.24, 2.45) is 0 Å². The fraction of sp³-hybridized carbons (Fsp3) is 0.844. The first-order chi connectivity index (χ1) is 42.4. The van der Waals surface area contributed by atoms with Crippen molar-refractivity contribution in [2.45, 2.75) is 380 Å². The quantitative estimate of drug-likeness (QED) is 0.0212. The summed E-state index contributed by atoms with van der Waals surface area (Å²) >= 11 is 0. The van der Waals surface area contributed by atoms with E-state index in [4.69, 9.17) is 13.8 Å². The Kier molecular flexibility index (Phi) is 64.9. The number of likely N-dealkylation sites (N-methyl/N-ethyl adjacent to an activating group) is 1. The molecule has 0 saturated carbocycles. The number of unbranched alkanes of at least 4 members (excludes halogenated alkanes) is 45. The summed E-state index contributed by atoms with van der Waals surface area (Å²) in [4.78, 5) is 40.2. The number of allylic oxidation sites excluding steroid dienone is 9. The Balaban J connectivity index is 4.95. The van der Waals surface area contributed by atoms with E-state index in [2.05, 4.69) is 74.7 Å². The number of phosphoric ester groups is 1. The summed E-state index contributed by atoms with van der Waals surface area (Å²) in [5.41, 5.74) is 0. The molecule has 0 aromatic carbocycles. The van der Waals surface area contributed by atoms with Crippen molar-refractivity contribution in [2.75, 3.05) is 40.9 Å². The SMILES string of the molecule is CCCCC/C=C\C/C=C\C/C=C\C/C=C\CCCCCCCCCC(=O)NC(COP(=O)([O-])OCC[N+](C)(C)C)C(/C=C/CCCCCCCCCCC)OC(=O)CCCCCCCCCCCCCCCCCCCCCCCCCCCCC. The van der Waals surface area contributed by atoms with Crippen LogP contribution in [-0.2, 0) is 27.9 Å². The number of nitrogens with one attached hydrogen (secondary N) is 1. The summed E-state index contributed by atoms with van der Waals surface area (Å²) in [6.07, 6.45) is 86.5. The minimum absolute atomic E-state index is 0.0244. The Labute approximate surface area is 541 Å². The molecule has 10 heteroatoms. The molecule has 0 aliphatic heterocycles. The molecule has 0 fully saturated rings. The Morgan fingerprint density at radius 1 is 0.402 bits per heavy atom. The van der Waals surface area contributed by atoms with Crippen LogP contribution in [0.3, 0.4) is 0 Å². The van der Waals surface area contributed by atoms with Crippen molar-refractivity contribution in [3.05, 3.63) is 60.8 Å². The lowest BCUT2D eigenvalue weighted by Crippen LogP contribution is -2.47. The number of amides is 1. The first kappa shape index (κ1) is 84.7. The van der Waals surface area contributed by atoms with E-state index < -0.39 is 26.6 Å². The van der Waals surface area contributed by atoms with E-state index in [-0.39, 0.29) is 24.9 Å². The van der Waals surface area contributed by atoms with Gasteiger partial charge >= 0.3 is 5.97 Å². The molecule has 1 amide bonds. The van der Waals surface area contributed by atoms with Gasteiger partial charge < -0.3 is 28.5 Å². The van der Waals surface area contributed by atoms with Gasteiger partial charge in [0.1, 0.15) is 19.3 Å². The number of quaternary nitrogens is 1. The van der Waals surface area contributed by atoms with Gasteiger partial charge in [-0.1, -0.05) is 339 Å². The molecule has 0 bridgehead atoms. The first-order valence-corrected chi connectivity index (χ1v) is 39.1. The molecule has 0 rings (SSSR count). The molecule has 0 radical (unpaired) electrons. The summed E-state index contributed by atoms with van der Waals surface area (Å²) in [5, 5.41) is 3.04. The summed E-state index contributed by atoms with van der Waals surface area (Å²) in [6, 6.07) is -0.895. The van der Waals surface area contributed by atoms with Crippen LogP contribution >= 0.6 is 7.82 Å². The van der Waals surface area contributed by atoms with Crippen molar-refractivity contribution in [1.29, 1.82) is 0 Å². The van der Waals surface area contributed by atoms with Gasteiger partial charge in [0.25, 0.3) is 7.82 Å². The van der Waals surface area contributed by atoms with Gasteiger partial charge in [0, 0.05) is 12.8 Å². The second-order valence-electron chi connectivity index (χ2n) is 26.8. The molecule has 0 aliphatic carbocycles. The van der Waals surface area contributed by atoms with Crippen LogP contribution in [-0.4, -0.2) is 69.4 Å². The topological polar surface area (TPSA) is 114 Å². The maximum absolute atomic E-state index is 13.6. The van der Waals surface area contributed by atoms with Crippen LogP contribution in [0.25, 0.3) is 0 Å². The number of carbonyl (C=O) groups is 2. The molecule has 0 aliphatic rings. The van der Waals surface area contributed by atoms with Gasteiger partial charge in [0.15, 0.2) is 0 Å². The molecule has 3 atom stereocenters. The van der Waals surface area contributed by atoms with E-state index in [1.807, 2.05) is 33.3 Å². The highest BCUT2D eigenvalue weighted by Gasteiger charge is 2.27. The number of hydrogen-bond acceptors (Lipinski definition) is 7. The molecule has 1 N–H and O–H groups in total. The van der Waals surface area contributed by atoms with Gasteiger partial charge in [0.2, 0.25) is 5.91 Å². The second kappa shape index (κ2) is 66.6. The Hall–Kier alpha value is -2.29. The highest BCUT2D eigenvalue weighted by molar-refractivity contribution is 7.45. The van der Waals surface area contributed by atoms with E-state index in [1.165, 1.54) is 244 Å². The lowest BCUT2D eigenvalue weighted by Gasteiger charge is -2.30. The van der Waals surface area contributed by atoms with Crippen LogP contribution in [0.4, 0.5) is 0 Å². The van der Waals surface area contributed by atoms with Crippen LogP contribution in [0.15, 0.2) is 60.8 Å². The fourth-order valence-corrected chi connectivity index (χ4v) is 11.9. The number of hydrogen-bond donors (Lipinski definition) is 1. The van der Waals surface area contributed by atoms with E-state index >= 15 is 0 Å². The number of nitrogens with zero attached hydrogens (tertiary/aromatic N) is 1. The van der Waals surface area contributed by atoms with Gasteiger partial charge in [-0.05, 0) is 76.7 Å². The number of ether oxygens (including phenoxy) is 1. The van der Waals surface area contributed by atoms with E-state index in [0.717, 1.165) is 89.9 Å². The van der Waals surface area contributed by atoms with Crippen LogP contribution in [0.2, 0.25) is 0 Å². The molecule has 0 aromatic heterocycles. The third-order valence-corrected chi connectivity index (χ3v) is 17.9. The van der Waals surface area contributed by atoms with Gasteiger partial charge in [-0.25, -0.2) is 0 Å². The normalized spacial score (nSPS) is 13.8. The van der Waals surface area contributed by atoms with Gasteiger partial charge in [-0.3, -0.25) is 14.2 Å². The highest BCUT2D eigenvalue weighted by Crippen LogP contribution is 2.38. The third kappa shape index (κ3) is 67.9. The monoisotopic (exact) mass is 1240 g/mol. The summed E-state index contributed by atoms with van der Waals surface area (Å²) < 4.78 is 30.5. The van der Waals surface area contributed by atoms with Crippen LogP contribution in [0.5, 0.6) is 0 Å². The first-order valence-electron chi connectivity index (χ1n) is 37.6. The second-order valence-corrected chi connectivity index (χ2v) is 28.2. The third-order valence-electron chi connectivity index (χ3n) is 17.0.